The zero-order valence-corrected chi connectivity index (χ0v) is 13.1. The maximum atomic E-state index is 11.3. The molecule has 0 N–H and O–H groups in total. The number of esters is 2. The summed E-state index contributed by atoms with van der Waals surface area (Å²) in [6.45, 7) is 6.17. The number of carbonyl (C=O) groups excluding carboxylic acids is 2. The molecule has 0 saturated carbocycles. The third kappa shape index (κ3) is 14.6. The molecule has 0 rings (SSSR count). The minimum absolute atomic E-state index is 0.135. The number of carbonyl (C=O) groups is 2. The van der Waals surface area contributed by atoms with E-state index in [1.165, 1.54) is 44.6 Å². The average Bonchev–Trinajstić information content (AvgIpc) is 2.49. The number of rotatable bonds is 13. The minimum atomic E-state index is -0.570. The molecule has 0 spiro atoms. The van der Waals surface area contributed by atoms with Crippen molar-refractivity contribution in [2.75, 3.05) is 13.2 Å². The normalized spacial score (nSPS) is 10.5. The maximum Gasteiger partial charge on any atom is 0.331 e. The van der Waals surface area contributed by atoms with Crippen LogP contribution in [-0.2, 0) is 19.1 Å². The van der Waals surface area contributed by atoms with E-state index in [4.69, 9.17) is 4.74 Å². The molecule has 0 amide bonds. The standard InChI is InChI=1S/C17H28O4/c1-3-5-6-7-8-9-10-11-15-21-17(19)13-12-16(18)20-14-4-2/h4,12-13H,2-3,5-11,14-15H2,1H3/b13-12+. The molecule has 0 radical (unpaired) electrons. The Labute approximate surface area is 128 Å². The van der Waals surface area contributed by atoms with Crippen LogP contribution in [0.1, 0.15) is 58.3 Å². The molecule has 0 saturated heterocycles. The highest BCUT2D eigenvalue weighted by Gasteiger charge is 2.00. The largest absolute Gasteiger partial charge is 0.463 e. The molecular formula is C17H28O4. The predicted octanol–water partition coefficient (Wildman–Crippen LogP) is 3.96. The van der Waals surface area contributed by atoms with Crippen molar-refractivity contribution in [1.82, 2.24) is 0 Å². The first-order valence-corrected chi connectivity index (χ1v) is 7.83. The molecule has 0 aromatic heterocycles. The Bertz CT molecular complexity index is 321. The molecule has 0 fully saturated rings. The molecule has 21 heavy (non-hydrogen) atoms. The van der Waals surface area contributed by atoms with Crippen LogP contribution in [0.3, 0.4) is 0 Å². The fourth-order valence-corrected chi connectivity index (χ4v) is 1.78. The van der Waals surface area contributed by atoms with Crippen LogP contribution in [0.5, 0.6) is 0 Å². The van der Waals surface area contributed by atoms with Crippen LogP contribution < -0.4 is 0 Å². The van der Waals surface area contributed by atoms with Crippen molar-refractivity contribution in [2.45, 2.75) is 58.3 Å². The van der Waals surface area contributed by atoms with Gasteiger partial charge in [-0.2, -0.15) is 0 Å². The Hall–Kier alpha value is -1.58. The van der Waals surface area contributed by atoms with E-state index >= 15 is 0 Å². The van der Waals surface area contributed by atoms with E-state index in [9.17, 15) is 9.59 Å². The van der Waals surface area contributed by atoms with Gasteiger partial charge in [-0.1, -0.05) is 64.5 Å². The van der Waals surface area contributed by atoms with Gasteiger partial charge in [0, 0.05) is 12.2 Å². The number of hydrogen-bond acceptors (Lipinski definition) is 4. The Morgan fingerprint density at radius 2 is 1.38 bits per heavy atom. The summed E-state index contributed by atoms with van der Waals surface area (Å²) in [5.74, 6) is -1.08. The zero-order chi connectivity index (χ0) is 15.8. The quantitative estimate of drug-likeness (QED) is 0.223. The molecule has 4 nitrogen and oxygen atoms in total. The molecule has 0 aliphatic heterocycles. The number of ether oxygens (including phenoxy) is 2. The van der Waals surface area contributed by atoms with E-state index in [-0.39, 0.29) is 6.61 Å². The van der Waals surface area contributed by atoms with Gasteiger partial charge in [0.25, 0.3) is 0 Å². The molecule has 0 aromatic carbocycles. The third-order valence-electron chi connectivity index (χ3n) is 2.94. The van der Waals surface area contributed by atoms with Crippen molar-refractivity contribution in [3.63, 3.8) is 0 Å². The van der Waals surface area contributed by atoms with Crippen LogP contribution in [0, 0.1) is 0 Å². The van der Waals surface area contributed by atoms with Crippen LogP contribution in [-0.4, -0.2) is 25.2 Å². The second kappa shape index (κ2) is 14.8. The molecule has 0 aliphatic carbocycles. The molecular weight excluding hydrogens is 268 g/mol. The molecule has 0 atom stereocenters. The van der Waals surface area contributed by atoms with Gasteiger partial charge in [-0.3, -0.25) is 0 Å². The van der Waals surface area contributed by atoms with E-state index in [1.54, 1.807) is 0 Å². The van der Waals surface area contributed by atoms with Crippen LogP contribution in [0.4, 0.5) is 0 Å². The average molecular weight is 296 g/mol. The summed E-state index contributed by atoms with van der Waals surface area (Å²) in [6.07, 6.45) is 13.2. The highest BCUT2D eigenvalue weighted by atomic mass is 16.5. The fraction of sp³-hybridized carbons (Fsp3) is 0.647. The highest BCUT2D eigenvalue weighted by Crippen LogP contribution is 2.08. The van der Waals surface area contributed by atoms with E-state index in [0.29, 0.717) is 6.61 Å². The Morgan fingerprint density at radius 3 is 1.95 bits per heavy atom. The van der Waals surface area contributed by atoms with Gasteiger partial charge in [0.15, 0.2) is 0 Å². The van der Waals surface area contributed by atoms with Crippen molar-refractivity contribution in [1.29, 1.82) is 0 Å². The molecule has 0 heterocycles. The summed E-state index contributed by atoms with van der Waals surface area (Å²) in [4.78, 5) is 22.4. The van der Waals surface area contributed by atoms with Gasteiger partial charge in [0.1, 0.15) is 6.61 Å². The Balaban J connectivity index is 3.43. The third-order valence-corrected chi connectivity index (χ3v) is 2.94. The lowest BCUT2D eigenvalue weighted by atomic mass is 10.1. The zero-order valence-electron chi connectivity index (χ0n) is 13.1. The number of hydrogen-bond donors (Lipinski definition) is 0. The summed E-state index contributed by atoms with van der Waals surface area (Å²) in [5.41, 5.74) is 0. The van der Waals surface area contributed by atoms with Gasteiger partial charge in [0.2, 0.25) is 0 Å². The van der Waals surface area contributed by atoms with E-state index in [0.717, 1.165) is 25.0 Å². The van der Waals surface area contributed by atoms with Crippen LogP contribution in [0.2, 0.25) is 0 Å². The van der Waals surface area contributed by atoms with Crippen molar-refractivity contribution >= 4 is 11.9 Å². The minimum Gasteiger partial charge on any atom is -0.463 e. The molecule has 0 unspecified atom stereocenters. The predicted molar refractivity (Wildman–Crippen MR) is 83.9 cm³/mol. The number of unbranched alkanes of at least 4 members (excludes halogenated alkanes) is 7. The second-order valence-corrected chi connectivity index (χ2v) is 4.89. The smallest absolute Gasteiger partial charge is 0.331 e. The van der Waals surface area contributed by atoms with Crippen LogP contribution >= 0.6 is 0 Å². The maximum absolute atomic E-state index is 11.3. The highest BCUT2D eigenvalue weighted by molar-refractivity contribution is 5.91. The van der Waals surface area contributed by atoms with Crippen molar-refractivity contribution in [2.24, 2.45) is 0 Å². The monoisotopic (exact) mass is 296 g/mol. The lowest BCUT2D eigenvalue weighted by Gasteiger charge is -2.02. The van der Waals surface area contributed by atoms with E-state index < -0.39 is 11.9 Å². The lowest BCUT2D eigenvalue weighted by Crippen LogP contribution is -2.05. The lowest BCUT2D eigenvalue weighted by molar-refractivity contribution is -0.140. The van der Waals surface area contributed by atoms with Gasteiger partial charge in [-0.15, -0.1) is 0 Å². The first-order valence-electron chi connectivity index (χ1n) is 7.83. The first-order chi connectivity index (χ1) is 10.2. The SMILES string of the molecule is C=CCOC(=O)/C=C/C(=O)OCCCCCCCCCC. The second-order valence-electron chi connectivity index (χ2n) is 4.89. The summed E-state index contributed by atoms with van der Waals surface area (Å²) in [7, 11) is 0. The molecule has 4 heteroatoms. The topological polar surface area (TPSA) is 52.6 Å². The summed E-state index contributed by atoms with van der Waals surface area (Å²) < 4.78 is 9.68. The molecule has 0 bridgehead atoms. The molecule has 120 valence electrons. The van der Waals surface area contributed by atoms with Crippen LogP contribution in [0.25, 0.3) is 0 Å². The summed E-state index contributed by atoms with van der Waals surface area (Å²) in [6, 6.07) is 0. The van der Waals surface area contributed by atoms with Gasteiger partial charge >= 0.3 is 11.9 Å². The van der Waals surface area contributed by atoms with Crippen molar-refractivity contribution in [3.8, 4) is 0 Å². The van der Waals surface area contributed by atoms with Crippen molar-refractivity contribution in [3.05, 3.63) is 24.8 Å². The van der Waals surface area contributed by atoms with Crippen molar-refractivity contribution < 1.29 is 19.1 Å². The Kier molecular flexibility index (Phi) is 13.7. The van der Waals surface area contributed by atoms with Gasteiger partial charge in [-0.05, 0) is 6.42 Å². The van der Waals surface area contributed by atoms with Gasteiger partial charge in [0.05, 0.1) is 6.61 Å². The van der Waals surface area contributed by atoms with Crippen LogP contribution in [0.15, 0.2) is 24.8 Å². The van der Waals surface area contributed by atoms with Gasteiger partial charge in [-0.25, -0.2) is 9.59 Å². The Morgan fingerprint density at radius 1 is 0.857 bits per heavy atom. The molecule has 0 aliphatic rings. The first kappa shape index (κ1) is 19.4. The van der Waals surface area contributed by atoms with E-state index in [2.05, 4.69) is 18.2 Å². The van der Waals surface area contributed by atoms with Gasteiger partial charge < -0.3 is 9.47 Å². The summed E-state index contributed by atoms with van der Waals surface area (Å²) in [5, 5.41) is 0. The molecule has 0 aromatic rings. The summed E-state index contributed by atoms with van der Waals surface area (Å²) >= 11 is 0. The fourth-order valence-electron chi connectivity index (χ4n) is 1.78. The van der Waals surface area contributed by atoms with E-state index in [1.807, 2.05) is 0 Å².